The second-order valence-corrected chi connectivity index (χ2v) is 4.60. The molecule has 1 aromatic carbocycles. The van der Waals surface area contributed by atoms with Gasteiger partial charge in [-0.25, -0.2) is 0 Å². The van der Waals surface area contributed by atoms with Gasteiger partial charge in [0.15, 0.2) is 11.5 Å². The van der Waals surface area contributed by atoms with Gasteiger partial charge in [0, 0.05) is 12.1 Å². The summed E-state index contributed by atoms with van der Waals surface area (Å²) >= 11 is 6.09. The zero-order valence-electron chi connectivity index (χ0n) is 11.0. The van der Waals surface area contributed by atoms with Crippen molar-refractivity contribution >= 4 is 23.2 Å². The van der Waals surface area contributed by atoms with Crippen molar-refractivity contribution in [2.75, 3.05) is 31.7 Å². The summed E-state index contributed by atoms with van der Waals surface area (Å²) in [4.78, 5) is 13.9. The van der Waals surface area contributed by atoms with E-state index in [1.807, 2.05) is 18.7 Å². The standard InChI is InChI=1S/C13H17ClN2O3/c1-3-16(4-2)7-13(17)15-10-6-12-11(5-9(10)14)18-8-19-12/h5-6H,3-4,7-8H2,1-2H3,(H,15,17). The van der Waals surface area contributed by atoms with Crippen molar-refractivity contribution in [2.24, 2.45) is 0 Å². The first kappa shape index (κ1) is 14.0. The molecule has 19 heavy (non-hydrogen) atoms. The van der Waals surface area contributed by atoms with Gasteiger partial charge in [0.2, 0.25) is 12.7 Å². The average Bonchev–Trinajstić information content (AvgIpc) is 2.83. The van der Waals surface area contributed by atoms with Gasteiger partial charge in [0.1, 0.15) is 0 Å². The number of rotatable bonds is 5. The van der Waals surface area contributed by atoms with Crippen LogP contribution in [0.5, 0.6) is 11.5 Å². The van der Waals surface area contributed by atoms with Gasteiger partial charge in [-0.1, -0.05) is 25.4 Å². The summed E-state index contributed by atoms with van der Waals surface area (Å²) in [5.74, 6) is 1.11. The number of nitrogens with one attached hydrogen (secondary N) is 1. The number of nitrogens with zero attached hydrogens (tertiary/aromatic N) is 1. The third-order valence-electron chi connectivity index (χ3n) is 3.00. The van der Waals surface area contributed by atoms with Crippen molar-refractivity contribution in [3.8, 4) is 11.5 Å². The Morgan fingerprint density at radius 3 is 2.58 bits per heavy atom. The van der Waals surface area contributed by atoms with Gasteiger partial charge in [-0.2, -0.15) is 0 Å². The molecule has 0 unspecified atom stereocenters. The van der Waals surface area contributed by atoms with E-state index in [2.05, 4.69) is 5.32 Å². The molecule has 2 rings (SSSR count). The first-order valence-corrected chi connectivity index (χ1v) is 6.63. The van der Waals surface area contributed by atoms with Gasteiger partial charge in [-0.05, 0) is 13.1 Å². The smallest absolute Gasteiger partial charge is 0.238 e. The molecule has 0 atom stereocenters. The van der Waals surface area contributed by atoms with Crippen LogP contribution in [0.25, 0.3) is 0 Å². The van der Waals surface area contributed by atoms with Gasteiger partial charge in [-0.15, -0.1) is 0 Å². The summed E-state index contributed by atoms with van der Waals surface area (Å²) in [5.41, 5.74) is 0.545. The fraction of sp³-hybridized carbons (Fsp3) is 0.462. The van der Waals surface area contributed by atoms with Gasteiger partial charge in [0.05, 0.1) is 17.3 Å². The summed E-state index contributed by atoms with van der Waals surface area (Å²) in [6.45, 7) is 6.23. The normalized spacial score (nSPS) is 12.8. The van der Waals surface area contributed by atoms with Crippen molar-refractivity contribution < 1.29 is 14.3 Å². The number of benzene rings is 1. The van der Waals surface area contributed by atoms with Crippen LogP contribution in [-0.2, 0) is 4.79 Å². The maximum Gasteiger partial charge on any atom is 0.238 e. The van der Waals surface area contributed by atoms with Gasteiger partial charge >= 0.3 is 0 Å². The molecule has 0 radical (unpaired) electrons. The summed E-state index contributed by atoms with van der Waals surface area (Å²) in [6.07, 6.45) is 0. The molecule has 104 valence electrons. The zero-order valence-corrected chi connectivity index (χ0v) is 11.8. The third kappa shape index (κ3) is 3.30. The van der Waals surface area contributed by atoms with Crippen LogP contribution in [0.1, 0.15) is 13.8 Å². The molecule has 1 aliphatic rings. The van der Waals surface area contributed by atoms with Crippen LogP contribution < -0.4 is 14.8 Å². The number of amides is 1. The van der Waals surface area contributed by atoms with Crippen molar-refractivity contribution in [3.05, 3.63) is 17.2 Å². The molecule has 0 spiro atoms. The van der Waals surface area contributed by atoms with Crippen LogP contribution in [0.15, 0.2) is 12.1 Å². The molecule has 0 aliphatic carbocycles. The lowest BCUT2D eigenvalue weighted by molar-refractivity contribution is -0.117. The molecular weight excluding hydrogens is 268 g/mol. The molecule has 0 saturated heterocycles. The topological polar surface area (TPSA) is 50.8 Å². The van der Waals surface area contributed by atoms with E-state index in [-0.39, 0.29) is 12.7 Å². The van der Waals surface area contributed by atoms with E-state index in [1.54, 1.807) is 12.1 Å². The van der Waals surface area contributed by atoms with E-state index in [1.165, 1.54) is 0 Å². The van der Waals surface area contributed by atoms with Gasteiger partial charge in [0.25, 0.3) is 0 Å². The Bertz CT molecular complexity index is 475. The number of carbonyl (C=O) groups is 1. The Labute approximate surface area is 117 Å². The Balaban J connectivity index is 2.05. The molecule has 6 heteroatoms. The van der Waals surface area contributed by atoms with Crippen LogP contribution in [0.3, 0.4) is 0 Å². The van der Waals surface area contributed by atoms with E-state index in [0.29, 0.717) is 28.8 Å². The molecule has 1 amide bonds. The molecule has 5 nitrogen and oxygen atoms in total. The first-order chi connectivity index (χ1) is 9.13. The minimum Gasteiger partial charge on any atom is -0.454 e. The second kappa shape index (κ2) is 6.12. The van der Waals surface area contributed by atoms with E-state index in [9.17, 15) is 4.79 Å². The predicted molar refractivity (Wildman–Crippen MR) is 74.0 cm³/mol. The molecule has 1 aromatic rings. The van der Waals surface area contributed by atoms with Crippen LogP contribution in [-0.4, -0.2) is 37.2 Å². The summed E-state index contributed by atoms with van der Waals surface area (Å²) in [6, 6.07) is 3.34. The lowest BCUT2D eigenvalue weighted by Crippen LogP contribution is -2.32. The van der Waals surface area contributed by atoms with Crippen molar-refractivity contribution in [3.63, 3.8) is 0 Å². The monoisotopic (exact) mass is 284 g/mol. The summed E-state index contributed by atoms with van der Waals surface area (Å²) in [7, 11) is 0. The number of halogens is 1. The highest BCUT2D eigenvalue weighted by atomic mass is 35.5. The first-order valence-electron chi connectivity index (χ1n) is 6.25. The molecule has 1 aliphatic heterocycles. The Hall–Kier alpha value is -1.46. The predicted octanol–water partition coefficient (Wildman–Crippen LogP) is 2.35. The summed E-state index contributed by atoms with van der Waals surface area (Å²) < 4.78 is 10.5. The van der Waals surface area contributed by atoms with E-state index in [4.69, 9.17) is 21.1 Å². The molecule has 0 fully saturated rings. The second-order valence-electron chi connectivity index (χ2n) is 4.19. The van der Waals surface area contributed by atoms with Crippen LogP contribution in [0.4, 0.5) is 5.69 Å². The number of ether oxygens (including phenoxy) is 2. The minimum absolute atomic E-state index is 0.0931. The lowest BCUT2D eigenvalue weighted by Gasteiger charge is -2.17. The number of likely N-dealkylation sites (N-methyl/N-ethyl adjacent to an activating group) is 1. The zero-order chi connectivity index (χ0) is 13.8. The Morgan fingerprint density at radius 1 is 1.32 bits per heavy atom. The highest BCUT2D eigenvalue weighted by Crippen LogP contribution is 2.39. The number of hydrogen-bond acceptors (Lipinski definition) is 4. The van der Waals surface area contributed by atoms with Gasteiger partial charge in [-0.3, -0.25) is 9.69 Å². The largest absolute Gasteiger partial charge is 0.454 e. The fourth-order valence-electron chi connectivity index (χ4n) is 1.85. The van der Waals surface area contributed by atoms with Crippen LogP contribution in [0.2, 0.25) is 5.02 Å². The van der Waals surface area contributed by atoms with Gasteiger partial charge < -0.3 is 14.8 Å². The molecule has 0 bridgehead atoms. The SMILES string of the molecule is CCN(CC)CC(=O)Nc1cc2c(cc1Cl)OCO2. The Morgan fingerprint density at radius 2 is 1.95 bits per heavy atom. The highest BCUT2D eigenvalue weighted by molar-refractivity contribution is 6.34. The fourth-order valence-corrected chi connectivity index (χ4v) is 2.05. The average molecular weight is 285 g/mol. The van der Waals surface area contributed by atoms with Crippen molar-refractivity contribution in [1.29, 1.82) is 0 Å². The minimum atomic E-state index is -0.0931. The van der Waals surface area contributed by atoms with E-state index < -0.39 is 0 Å². The number of hydrogen-bond donors (Lipinski definition) is 1. The molecule has 1 heterocycles. The van der Waals surface area contributed by atoms with Crippen LogP contribution in [0, 0.1) is 0 Å². The van der Waals surface area contributed by atoms with E-state index >= 15 is 0 Å². The number of fused-ring (bicyclic) bond motifs is 1. The van der Waals surface area contributed by atoms with Crippen molar-refractivity contribution in [2.45, 2.75) is 13.8 Å². The highest BCUT2D eigenvalue weighted by Gasteiger charge is 2.18. The molecular formula is C13H17ClN2O3. The maximum absolute atomic E-state index is 11.9. The number of anilines is 1. The quantitative estimate of drug-likeness (QED) is 0.902. The van der Waals surface area contributed by atoms with Crippen LogP contribution >= 0.6 is 11.6 Å². The summed E-state index contributed by atoms with van der Waals surface area (Å²) in [5, 5.41) is 3.23. The van der Waals surface area contributed by atoms with Crippen molar-refractivity contribution in [1.82, 2.24) is 4.90 Å². The Kier molecular flexibility index (Phi) is 4.50. The van der Waals surface area contributed by atoms with E-state index in [0.717, 1.165) is 13.1 Å². The lowest BCUT2D eigenvalue weighted by atomic mass is 10.2. The molecule has 1 N–H and O–H groups in total. The number of carbonyl (C=O) groups excluding carboxylic acids is 1. The molecule has 0 aromatic heterocycles. The molecule has 0 saturated carbocycles. The maximum atomic E-state index is 11.9. The third-order valence-corrected chi connectivity index (χ3v) is 3.31.